The van der Waals surface area contributed by atoms with Crippen molar-refractivity contribution in [1.29, 1.82) is 0 Å². The lowest BCUT2D eigenvalue weighted by Gasteiger charge is -2.14. The Morgan fingerprint density at radius 1 is 1.42 bits per heavy atom. The van der Waals surface area contributed by atoms with Gasteiger partial charge in [0.1, 0.15) is 0 Å². The van der Waals surface area contributed by atoms with E-state index in [0.717, 1.165) is 35.2 Å². The Morgan fingerprint density at radius 2 is 2.26 bits per heavy atom. The van der Waals surface area contributed by atoms with Gasteiger partial charge in [0.25, 0.3) is 0 Å². The average molecular weight is 277 g/mol. The molecule has 0 spiro atoms. The van der Waals surface area contributed by atoms with Gasteiger partial charge >= 0.3 is 0 Å². The van der Waals surface area contributed by atoms with Crippen molar-refractivity contribution in [1.82, 2.24) is 9.97 Å². The van der Waals surface area contributed by atoms with Crippen LogP contribution >= 0.6 is 11.3 Å². The lowest BCUT2D eigenvalue weighted by atomic mass is 10.3. The molecule has 0 saturated carbocycles. The van der Waals surface area contributed by atoms with Crippen LogP contribution in [0.15, 0.2) is 23.7 Å². The Labute approximate surface area is 117 Å². The minimum atomic E-state index is 0.144. The van der Waals surface area contributed by atoms with Crippen molar-refractivity contribution < 1.29 is 4.74 Å². The molecule has 102 valence electrons. The van der Waals surface area contributed by atoms with E-state index in [1.54, 1.807) is 17.5 Å². The van der Waals surface area contributed by atoms with Crippen LogP contribution < -0.4 is 10.1 Å². The van der Waals surface area contributed by atoms with Crippen LogP contribution in [-0.2, 0) is 6.42 Å². The lowest BCUT2D eigenvalue weighted by Crippen LogP contribution is -2.11. The van der Waals surface area contributed by atoms with E-state index >= 15 is 0 Å². The molecule has 0 aliphatic carbocycles. The summed E-state index contributed by atoms with van der Waals surface area (Å²) in [6.45, 7) is 6.84. The van der Waals surface area contributed by atoms with Gasteiger partial charge < -0.3 is 10.1 Å². The van der Waals surface area contributed by atoms with E-state index in [-0.39, 0.29) is 6.10 Å². The van der Waals surface area contributed by atoms with E-state index in [1.807, 2.05) is 32.9 Å². The minimum absolute atomic E-state index is 0.144. The number of thiazole rings is 1. The molecule has 5 heteroatoms. The van der Waals surface area contributed by atoms with Crippen LogP contribution in [0.3, 0.4) is 0 Å². The maximum Gasteiger partial charge on any atom is 0.168 e. The van der Waals surface area contributed by atoms with E-state index in [4.69, 9.17) is 4.74 Å². The fourth-order valence-corrected chi connectivity index (χ4v) is 2.35. The molecule has 0 aromatic carbocycles. The molecular formula is C14H19N3OS. The first kappa shape index (κ1) is 13.8. The predicted octanol–water partition coefficient (Wildman–Crippen LogP) is 3.29. The number of rotatable bonds is 6. The number of ether oxygens (including phenoxy) is 1. The van der Waals surface area contributed by atoms with Gasteiger partial charge in [-0.25, -0.2) is 9.97 Å². The van der Waals surface area contributed by atoms with Gasteiger partial charge in [0, 0.05) is 24.5 Å². The maximum absolute atomic E-state index is 5.71. The Hall–Kier alpha value is -1.62. The van der Waals surface area contributed by atoms with Crippen molar-refractivity contribution in [2.24, 2.45) is 0 Å². The highest BCUT2D eigenvalue weighted by Crippen LogP contribution is 2.22. The van der Waals surface area contributed by atoms with Gasteiger partial charge in [-0.1, -0.05) is 0 Å². The first-order valence-electron chi connectivity index (χ1n) is 6.41. The highest BCUT2D eigenvalue weighted by atomic mass is 32.1. The summed E-state index contributed by atoms with van der Waals surface area (Å²) in [6.07, 6.45) is 2.80. The zero-order valence-corrected chi connectivity index (χ0v) is 12.3. The number of nitrogens with zero attached hydrogens (tertiary/aromatic N) is 2. The normalized spacial score (nSPS) is 10.7. The minimum Gasteiger partial charge on any atom is -0.487 e. The SMILES string of the molecule is Cc1nc(CCNc2ncccc2OC(C)C)cs1. The monoisotopic (exact) mass is 277 g/mol. The number of hydrogen-bond acceptors (Lipinski definition) is 5. The van der Waals surface area contributed by atoms with Crippen molar-refractivity contribution in [3.8, 4) is 5.75 Å². The number of aryl methyl sites for hydroxylation is 1. The van der Waals surface area contributed by atoms with Crippen LogP contribution in [0.1, 0.15) is 24.5 Å². The lowest BCUT2D eigenvalue weighted by molar-refractivity contribution is 0.243. The largest absolute Gasteiger partial charge is 0.487 e. The molecule has 0 unspecified atom stereocenters. The zero-order valence-electron chi connectivity index (χ0n) is 11.5. The van der Waals surface area contributed by atoms with E-state index in [0.29, 0.717) is 0 Å². The Morgan fingerprint density at radius 3 is 2.95 bits per heavy atom. The number of nitrogens with one attached hydrogen (secondary N) is 1. The molecular weight excluding hydrogens is 258 g/mol. The summed E-state index contributed by atoms with van der Waals surface area (Å²) in [7, 11) is 0. The van der Waals surface area contributed by atoms with E-state index in [9.17, 15) is 0 Å². The molecule has 0 fully saturated rings. The fourth-order valence-electron chi connectivity index (χ4n) is 1.70. The molecule has 2 rings (SSSR count). The third-order valence-corrected chi connectivity index (χ3v) is 3.30. The number of aromatic nitrogens is 2. The predicted molar refractivity (Wildman–Crippen MR) is 79.0 cm³/mol. The molecule has 0 amide bonds. The van der Waals surface area contributed by atoms with Gasteiger partial charge in [-0.3, -0.25) is 0 Å². The van der Waals surface area contributed by atoms with Crippen molar-refractivity contribution in [3.63, 3.8) is 0 Å². The van der Waals surface area contributed by atoms with Crippen molar-refractivity contribution in [2.45, 2.75) is 33.3 Å². The fraction of sp³-hybridized carbons (Fsp3) is 0.429. The number of hydrogen-bond donors (Lipinski definition) is 1. The van der Waals surface area contributed by atoms with Gasteiger partial charge in [-0.15, -0.1) is 11.3 Å². The molecule has 4 nitrogen and oxygen atoms in total. The van der Waals surface area contributed by atoms with Crippen molar-refractivity contribution in [3.05, 3.63) is 34.4 Å². The topological polar surface area (TPSA) is 47.0 Å². The quantitative estimate of drug-likeness (QED) is 0.880. The van der Waals surface area contributed by atoms with Gasteiger partial charge in [0.05, 0.1) is 16.8 Å². The second kappa shape index (κ2) is 6.52. The molecule has 2 heterocycles. The third-order valence-electron chi connectivity index (χ3n) is 2.47. The molecule has 0 radical (unpaired) electrons. The first-order valence-corrected chi connectivity index (χ1v) is 7.29. The van der Waals surface area contributed by atoms with Crippen LogP contribution in [-0.4, -0.2) is 22.6 Å². The number of anilines is 1. The first-order chi connectivity index (χ1) is 9.15. The van der Waals surface area contributed by atoms with Crippen LogP contribution in [0.2, 0.25) is 0 Å². The van der Waals surface area contributed by atoms with Gasteiger partial charge in [-0.05, 0) is 32.9 Å². The van der Waals surface area contributed by atoms with Gasteiger partial charge in [0.2, 0.25) is 0 Å². The van der Waals surface area contributed by atoms with Crippen LogP contribution in [0.5, 0.6) is 5.75 Å². The summed E-state index contributed by atoms with van der Waals surface area (Å²) in [5.41, 5.74) is 1.12. The van der Waals surface area contributed by atoms with E-state index < -0.39 is 0 Å². The second-order valence-corrected chi connectivity index (χ2v) is 5.61. The second-order valence-electron chi connectivity index (χ2n) is 4.55. The Bertz CT molecular complexity index is 525. The zero-order chi connectivity index (χ0) is 13.7. The molecule has 0 aliphatic rings. The highest BCUT2D eigenvalue weighted by molar-refractivity contribution is 7.09. The summed E-state index contributed by atoms with van der Waals surface area (Å²) in [5, 5.41) is 6.51. The molecule has 2 aromatic heterocycles. The molecule has 0 saturated heterocycles. The van der Waals surface area contributed by atoms with Crippen LogP contribution in [0.4, 0.5) is 5.82 Å². The molecule has 19 heavy (non-hydrogen) atoms. The van der Waals surface area contributed by atoms with Gasteiger partial charge in [-0.2, -0.15) is 0 Å². The smallest absolute Gasteiger partial charge is 0.168 e. The van der Waals surface area contributed by atoms with Crippen molar-refractivity contribution >= 4 is 17.2 Å². The summed E-state index contributed by atoms with van der Waals surface area (Å²) < 4.78 is 5.71. The molecule has 2 aromatic rings. The summed E-state index contributed by atoms with van der Waals surface area (Å²) in [6, 6.07) is 3.81. The summed E-state index contributed by atoms with van der Waals surface area (Å²) >= 11 is 1.68. The molecule has 0 atom stereocenters. The average Bonchev–Trinajstić information content (AvgIpc) is 2.77. The number of pyridine rings is 1. The Kier molecular flexibility index (Phi) is 4.74. The van der Waals surface area contributed by atoms with Crippen LogP contribution in [0.25, 0.3) is 0 Å². The molecule has 0 bridgehead atoms. The van der Waals surface area contributed by atoms with Crippen LogP contribution in [0, 0.1) is 6.92 Å². The highest BCUT2D eigenvalue weighted by Gasteiger charge is 2.06. The third kappa shape index (κ3) is 4.21. The summed E-state index contributed by atoms with van der Waals surface area (Å²) in [5.74, 6) is 1.59. The maximum atomic E-state index is 5.71. The molecule has 1 N–H and O–H groups in total. The van der Waals surface area contributed by atoms with E-state index in [1.165, 1.54) is 0 Å². The summed E-state index contributed by atoms with van der Waals surface area (Å²) in [4.78, 5) is 8.75. The van der Waals surface area contributed by atoms with Gasteiger partial charge in [0.15, 0.2) is 11.6 Å². The van der Waals surface area contributed by atoms with E-state index in [2.05, 4.69) is 20.7 Å². The van der Waals surface area contributed by atoms with Crippen molar-refractivity contribution in [2.75, 3.05) is 11.9 Å². The standard InChI is InChI=1S/C14H19N3OS/c1-10(2)18-13-5-4-7-15-14(13)16-8-6-12-9-19-11(3)17-12/h4-5,7,9-10H,6,8H2,1-3H3,(H,15,16). The molecule has 0 aliphatic heterocycles. The Balaban J connectivity index is 1.92.